The van der Waals surface area contributed by atoms with Gasteiger partial charge in [0.2, 0.25) is 0 Å². The molecule has 24 heavy (non-hydrogen) atoms. The predicted molar refractivity (Wildman–Crippen MR) is 102 cm³/mol. The van der Waals surface area contributed by atoms with Crippen molar-refractivity contribution in [1.82, 2.24) is 5.32 Å². The molecule has 0 saturated heterocycles. The van der Waals surface area contributed by atoms with Gasteiger partial charge in [0.25, 0.3) is 0 Å². The minimum Gasteiger partial charge on any atom is -0.375 e. The van der Waals surface area contributed by atoms with Crippen LogP contribution in [0.25, 0.3) is 0 Å². The van der Waals surface area contributed by atoms with E-state index in [4.69, 9.17) is 9.47 Å². The van der Waals surface area contributed by atoms with Crippen LogP contribution >= 0.6 is 0 Å². The van der Waals surface area contributed by atoms with Crippen LogP contribution in [0.1, 0.15) is 82.1 Å². The van der Waals surface area contributed by atoms with Gasteiger partial charge in [0.15, 0.2) is 0 Å². The van der Waals surface area contributed by atoms with Gasteiger partial charge in [-0.1, -0.05) is 20.8 Å². The van der Waals surface area contributed by atoms with Crippen LogP contribution in [0.15, 0.2) is 0 Å². The molecule has 0 fully saturated rings. The number of Topliss-reactive ketones (excluding diaryl/α,β-unsaturated/α-hetero) is 1. The van der Waals surface area contributed by atoms with Crippen LogP contribution in [0, 0.1) is 5.41 Å². The van der Waals surface area contributed by atoms with Crippen molar-refractivity contribution in [2.24, 2.45) is 5.41 Å². The van der Waals surface area contributed by atoms with E-state index in [-0.39, 0.29) is 22.3 Å². The molecule has 0 radical (unpaired) electrons. The highest BCUT2D eigenvalue weighted by molar-refractivity contribution is 5.84. The van der Waals surface area contributed by atoms with Crippen molar-refractivity contribution in [2.45, 2.75) is 98.8 Å². The van der Waals surface area contributed by atoms with Crippen molar-refractivity contribution < 1.29 is 14.3 Å². The molecule has 0 aromatic heterocycles. The molecular weight excluding hydrogens is 302 g/mol. The normalized spacial score (nSPS) is 14.1. The fraction of sp³-hybridized carbons (Fsp3) is 0.950. The van der Waals surface area contributed by atoms with Crippen molar-refractivity contribution >= 4 is 5.78 Å². The Morgan fingerprint density at radius 1 is 0.792 bits per heavy atom. The summed E-state index contributed by atoms with van der Waals surface area (Å²) in [6.07, 6.45) is 1.24. The Kier molecular flexibility index (Phi) is 8.61. The molecule has 0 rings (SSSR count). The smallest absolute Gasteiger partial charge is 0.141 e. The molecule has 0 atom stereocenters. The molecule has 0 bridgehead atoms. The fourth-order valence-corrected chi connectivity index (χ4v) is 2.10. The van der Waals surface area contributed by atoms with Crippen LogP contribution in [0.4, 0.5) is 0 Å². The Labute approximate surface area is 150 Å². The van der Waals surface area contributed by atoms with E-state index in [2.05, 4.69) is 39.9 Å². The first-order valence-corrected chi connectivity index (χ1v) is 9.10. The second-order valence-electron chi connectivity index (χ2n) is 9.99. The zero-order chi connectivity index (χ0) is 19.2. The Hall–Kier alpha value is -0.450. The molecule has 0 aromatic carbocycles. The maximum Gasteiger partial charge on any atom is 0.141 e. The van der Waals surface area contributed by atoms with E-state index >= 15 is 0 Å². The predicted octanol–water partition coefficient (Wildman–Crippen LogP) is 4.36. The number of nitrogens with one attached hydrogen (secondary N) is 1. The molecule has 0 spiro atoms. The van der Waals surface area contributed by atoms with Crippen LogP contribution in [-0.4, -0.2) is 42.3 Å². The minimum atomic E-state index is -0.436. The van der Waals surface area contributed by atoms with Crippen LogP contribution in [0.5, 0.6) is 0 Å². The highest BCUT2D eigenvalue weighted by Crippen LogP contribution is 2.25. The quantitative estimate of drug-likeness (QED) is 0.599. The lowest BCUT2D eigenvalue weighted by Gasteiger charge is -2.31. The van der Waals surface area contributed by atoms with Crippen LogP contribution < -0.4 is 5.32 Å². The van der Waals surface area contributed by atoms with E-state index in [0.717, 1.165) is 13.0 Å². The number of rotatable bonds is 10. The van der Waals surface area contributed by atoms with Gasteiger partial charge in [-0.2, -0.15) is 0 Å². The number of hydrogen-bond acceptors (Lipinski definition) is 4. The summed E-state index contributed by atoms with van der Waals surface area (Å²) in [5, 5.41) is 3.42. The third kappa shape index (κ3) is 12.0. The van der Waals surface area contributed by atoms with Gasteiger partial charge in [0.05, 0.1) is 24.4 Å². The number of ketones is 1. The molecular formula is C20H41NO3. The average Bonchev–Trinajstić information content (AvgIpc) is 2.31. The second-order valence-corrected chi connectivity index (χ2v) is 9.99. The van der Waals surface area contributed by atoms with Crippen molar-refractivity contribution in [1.29, 1.82) is 0 Å². The first-order valence-electron chi connectivity index (χ1n) is 9.10. The number of hydrogen-bond donors (Lipinski definition) is 1. The number of carbonyl (C=O) groups is 1. The molecule has 0 amide bonds. The molecule has 0 aliphatic heterocycles. The van der Waals surface area contributed by atoms with Crippen LogP contribution in [0.2, 0.25) is 0 Å². The van der Waals surface area contributed by atoms with Gasteiger partial charge in [0.1, 0.15) is 5.78 Å². The largest absolute Gasteiger partial charge is 0.375 e. The van der Waals surface area contributed by atoms with Gasteiger partial charge in [-0.3, -0.25) is 4.79 Å². The fourth-order valence-electron chi connectivity index (χ4n) is 2.10. The Bertz CT molecular complexity index is 387. The summed E-state index contributed by atoms with van der Waals surface area (Å²) >= 11 is 0. The highest BCUT2D eigenvalue weighted by atomic mass is 16.5. The maximum absolute atomic E-state index is 12.2. The molecule has 0 unspecified atom stereocenters. The third-order valence-corrected chi connectivity index (χ3v) is 3.87. The Morgan fingerprint density at radius 2 is 1.29 bits per heavy atom. The third-order valence-electron chi connectivity index (χ3n) is 3.87. The lowest BCUT2D eigenvalue weighted by atomic mass is 9.84. The van der Waals surface area contributed by atoms with E-state index in [1.54, 1.807) is 0 Å². The lowest BCUT2D eigenvalue weighted by molar-refractivity contribution is -0.134. The van der Waals surface area contributed by atoms with E-state index in [9.17, 15) is 4.79 Å². The standard InChI is InChI=1S/C20H41NO3/c1-17(2,3)16(22)15-20(9,10)23-13-11-19(7,8)24-14-12-21-18(4,5)6/h21H,11-15H2,1-10H3. The second kappa shape index (κ2) is 8.77. The molecule has 0 aromatic rings. The van der Waals surface area contributed by atoms with Crippen molar-refractivity contribution in [3.05, 3.63) is 0 Å². The van der Waals surface area contributed by atoms with Gasteiger partial charge in [-0.05, 0) is 54.9 Å². The molecule has 0 heterocycles. The summed E-state index contributed by atoms with van der Waals surface area (Å²) in [6.45, 7) is 22.5. The monoisotopic (exact) mass is 343 g/mol. The van der Waals surface area contributed by atoms with Crippen molar-refractivity contribution in [3.8, 4) is 0 Å². The summed E-state index contributed by atoms with van der Waals surface area (Å²) < 4.78 is 11.9. The Morgan fingerprint density at radius 3 is 1.75 bits per heavy atom. The summed E-state index contributed by atoms with van der Waals surface area (Å²) in [4.78, 5) is 12.2. The van der Waals surface area contributed by atoms with Gasteiger partial charge in [-0.25, -0.2) is 0 Å². The molecule has 144 valence electrons. The van der Waals surface area contributed by atoms with E-state index < -0.39 is 5.60 Å². The number of carbonyl (C=O) groups excluding carboxylic acids is 1. The van der Waals surface area contributed by atoms with Crippen molar-refractivity contribution in [2.75, 3.05) is 19.8 Å². The van der Waals surface area contributed by atoms with Crippen LogP contribution in [0.3, 0.4) is 0 Å². The van der Waals surface area contributed by atoms with E-state index in [1.165, 1.54) is 0 Å². The summed E-state index contributed by atoms with van der Waals surface area (Å²) in [7, 11) is 0. The molecule has 0 aliphatic carbocycles. The SMILES string of the molecule is CC(C)(C)NCCOC(C)(C)CCOC(C)(C)CC(=O)C(C)(C)C. The molecule has 0 aliphatic rings. The van der Waals surface area contributed by atoms with Gasteiger partial charge < -0.3 is 14.8 Å². The van der Waals surface area contributed by atoms with E-state index in [1.807, 2.05) is 34.6 Å². The Balaban J connectivity index is 4.16. The topological polar surface area (TPSA) is 47.6 Å². The lowest BCUT2D eigenvalue weighted by Crippen LogP contribution is -2.40. The minimum absolute atomic E-state index is 0.111. The summed E-state index contributed by atoms with van der Waals surface area (Å²) in [5.41, 5.74) is -0.874. The molecule has 1 N–H and O–H groups in total. The summed E-state index contributed by atoms with van der Waals surface area (Å²) in [5.74, 6) is 0.233. The number of ether oxygens (including phenoxy) is 2. The molecule has 0 saturated carbocycles. The first kappa shape index (κ1) is 23.5. The zero-order valence-corrected chi connectivity index (χ0v) is 17.8. The van der Waals surface area contributed by atoms with Gasteiger partial charge in [-0.15, -0.1) is 0 Å². The van der Waals surface area contributed by atoms with Gasteiger partial charge >= 0.3 is 0 Å². The summed E-state index contributed by atoms with van der Waals surface area (Å²) in [6, 6.07) is 0. The zero-order valence-electron chi connectivity index (χ0n) is 17.8. The van der Waals surface area contributed by atoms with Crippen LogP contribution in [-0.2, 0) is 14.3 Å². The molecule has 4 heteroatoms. The maximum atomic E-state index is 12.2. The first-order chi connectivity index (χ1) is 10.5. The highest BCUT2D eigenvalue weighted by Gasteiger charge is 2.30. The van der Waals surface area contributed by atoms with Gasteiger partial charge in [0, 0.05) is 23.9 Å². The van der Waals surface area contributed by atoms with Crippen molar-refractivity contribution in [3.63, 3.8) is 0 Å². The molecule has 4 nitrogen and oxygen atoms in total. The average molecular weight is 344 g/mol. The van der Waals surface area contributed by atoms with E-state index in [0.29, 0.717) is 19.6 Å².